The number of hydrogen-bond donors (Lipinski definition) is 2. The summed E-state index contributed by atoms with van der Waals surface area (Å²) in [7, 11) is 2.71. The lowest BCUT2D eigenvalue weighted by Crippen LogP contribution is -2.13. The predicted octanol–water partition coefficient (Wildman–Crippen LogP) is 2.44. The van der Waals surface area contributed by atoms with Crippen molar-refractivity contribution in [1.29, 1.82) is 0 Å². The van der Waals surface area contributed by atoms with Crippen LogP contribution in [0, 0.1) is 0 Å². The van der Waals surface area contributed by atoms with Crippen molar-refractivity contribution in [1.82, 2.24) is 0 Å². The highest BCUT2D eigenvalue weighted by Crippen LogP contribution is 2.28. The number of benzene rings is 2. The number of esters is 1. The largest absolute Gasteiger partial charge is 0.505 e. The second-order valence-corrected chi connectivity index (χ2v) is 4.38. The summed E-state index contributed by atoms with van der Waals surface area (Å²) in [6.07, 6.45) is 0. The van der Waals surface area contributed by atoms with Crippen LogP contribution in [-0.2, 0) is 4.74 Å². The number of ether oxygens (including phenoxy) is 2. The zero-order valence-corrected chi connectivity index (χ0v) is 12.1. The van der Waals surface area contributed by atoms with Gasteiger partial charge in [0.25, 0.3) is 5.91 Å². The van der Waals surface area contributed by atoms with Crippen LogP contribution >= 0.6 is 0 Å². The maximum absolute atomic E-state index is 12.2. The molecule has 6 heteroatoms. The van der Waals surface area contributed by atoms with Crippen LogP contribution in [0.3, 0.4) is 0 Å². The van der Waals surface area contributed by atoms with Crippen LogP contribution in [0.25, 0.3) is 0 Å². The van der Waals surface area contributed by atoms with Gasteiger partial charge < -0.3 is 19.9 Å². The molecule has 22 heavy (non-hydrogen) atoms. The van der Waals surface area contributed by atoms with E-state index in [9.17, 15) is 14.7 Å². The normalized spacial score (nSPS) is 9.91. The third-order valence-electron chi connectivity index (χ3n) is 3.02. The Labute approximate surface area is 127 Å². The topological polar surface area (TPSA) is 84.9 Å². The molecule has 0 aliphatic rings. The number of carbonyl (C=O) groups is 2. The molecule has 0 heterocycles. The van der Waals surface area contributed by atoms with Gasteiger partial charge in [-0.05, 0) is 30.3 Å². The molecule has 2 rings (SSSR count). The summed E-state index contributed by atoms with van der Waals surface area (Å²) >= 11 is 0. The lowest BCUT2D eigenvalue weighted by molar-refractivity contribution is 0.0597. The number of rotatable bonds is 4. The number of phenols is 1. The molecule has 0 fully saturated rings. The molecule has 0 unspecified atom stereocenters. The van der Waals surface area contributed by atoms with Crippen LogP contribution in [0.4, 0.5) is 5.69 Å². The number of aromatic hydroxyl groups is 1. The zero-order valence-electron chi connectivity index (χ0n) is 12.1. The van der Waals surface area contributed by atoms with Crippen molar-refractivity contribution >= 4 is 17.6 Å². The summed E-state index contributed by atoms with van der Waals surface area (Å²) in [5.74, 6) is -0.919. The maximum Gasteiger partial charge on any atom is 0.341 e. The quantitative estimate of drug-likeness (QED) is 0.669. The lowest BCUT2D eigenvalue weighted by Gasteiger charge is -2.10. The van der Waals surface area contributed by atoms with Gasteiger partial charge in [-0.15, -0.1) is 0 Å². The van der Waals surface area contributed by atoms with E-state index < -0.39 is 11.9 Å². The predicted molar refractivity (Wildman–Crippen MR) is 80.4 cm³/mol. The Balaban J connectivity index is 2.27. The molecule has 0 aromatic heterocycles. The molecule has 0 aliphatic heterocycles. The van der Waals surface area contributed by atoms with E-state index in [1.165, 1.54) is 32.4 Å². The van der Waals surface area contributed by atoms with Crippen LogP contribution < -0.4 is 10.1 Å². The molecule has 0 radical (unpaired) electrons. The van der Waals surface area contributed by atoms with Crippen molar-refractivity contribution in [2.24, 2.45) is 0 Å². The fourth-order valence-corrected chi connectivity index (χ4v) is 1.88. The molecule has 0 atom stereocenters. The molecule has 6 nitrogen and oxygen atoms in total. The van der Waals surface area contributed by atoms with Crippen molar-refractivity contribution in [3.05, 3.63) is 53.6 Å². The van der Waals surface area contributed by atoms with Crippen LogP contribution in [0.1, 0.15) is 20.7 Å². The van der Waals surface area contributed by atoms with Crippen molar-refractivity contribution in [3.8, 4) is 11.5 Å². The Bertz CT molecular complexity index is 711. The summed E-state index contributed by atoms with van der Waals surface area (Å²) in [4.78, 5) is 23.7. The molecule has 0 spiro atoms. The monoisotopic (exact) mass is 301 g/mol. The highest BCUT2D eigenvalue weighted by molar-refractivity contribution is 6.06. The minimum atomic E-state index is -0.685. The highest BCUT2D eigenvalue weighted by atomic mass is 16.5. The number of carbonyl (C=O) groups excluding carboxylic acids is 2. The summed E-state index contributed by atoms with van der Waals surface area (Å²) in [6.45, 7) is 0. The van der Waals surface area contributed by atoms with E-state index in [4.69, 9.17) is 4.74 Å². The molecule has 0 aliphatic carbocycles. The first kappa shape index (κ1) is 15.4. The standard InChI is InChI=1S/C16H15NO5/c1-21-11-6-3-5-10(9-11)15(19)17-13-8-4-7-12(14(13)18)16(20)22-2/h3-9,18H,1-2H3,(H,17,19). The van der Waals surface area contributed by atoms with Crippen molar-refractivity contribution < 1.29 is 24.2 Å². The van der Waals surface area contributed by atoms with Crippen molar-refractivity contribution in [3.63, 3.8) is 0 Å². The van der Waals surface area contributed by atoms with Crippen molar-refractivity contribution in [2.45, 2.75) is 0 Å². The van der Waals surface area contributed by atoms with E-state index in [-0.39, 0.29) is 17.0 Å². The third-order valence-corrected chi connectivity index (χ3v) is 3.02. The Morgan fingerprint density at radius 2 is 1.82 bits per heavy atom. The van der Waals surface area contributed by atoms with E-state index in [1.807, 2.05) is 0 Å². The Morgan fingerprint density at radius 1 is 1.09 bits per heavy atom. The summed E-state index contributed by atoms with van der Waals surface area (Å²) in [6, 6.07) is 11.0. The van der Waals surface area contributed by atoms with E-state index in [0.717, 1.165) is 0 Å². The third kappa shape index (κ3) is 3.17. The van der Waals surface area contributed by atoms with Gasteiger partial charge in [-0.2, -0.15) is 0 Å². The fourth-order valence-electron chi connectivity index (χ4n) is 1.88. The molecule has 2 aromatic rings. The van der Waals surface area contributed by atoms with E-state index >= 15 is 0 Å². The first-order valence-corrected chi connectivity index (χ1v) is 6.42. The van der Waals surface area contributed by atoms with Crippen LogP contribution in [0.2, 0.25) is 0 Å². The zero-order chi connectivity index (χ0) is 16.1. The number of phenolic OH excluding ortho intramolecular Hbond substituents is 1. The molecule has 1 amide bonds. The average molecular weight is 301 g/mol. The first-order valence-electron chi connectivity index (χ1n) is 6.42. The fraction of sp³-hybridized carbons (Fsp3) is 0.125. The van der Waals surface area contributed by atoms with Gasteiger partial charge >= 0.3 is 5.97 Å². The van der Waals surface area contributed by atoms with Crippen LogP contribution in [0.5, 0.6) is 11.5 Å². The van der Waals surface area contributed by atoms with Crippen LogP contribution in [0.15, 0.2) is 42.5 Å². The Kier molecular flexibility index (Phi) is 4.63. The maximum atomic E-state index is 12.2. The average Bonchev–Trinajstić information content (AvgIpc) is 2.56. The van der Waals surface area contributed by atoms with E-state index in [2.05, 4.69) is 10.1 Å². The molecule has 0 saturated carbocycles. The minimum absolute atomic E-state index is 0.0223. The summed E-state index contributed by atoms with van der Waals surface area (Å²) in [5.41, 5.74) is 0.462. The first-order chi connectivity index (χ1) is 10.6. The molecule has 2 N–H and O–H groups in total. The second kappa shape index (κ2) is 6.62. The smallest absolute Gasteiger partial charge is 0.341 e. The Hall–Kier alpha value is -3.02. The molecular formula is C16H15NO5. The van der Waals surface area contributed by atoms with Gasteiger partial charge in [0.1, 0.15) is 11.3 Å². The van der Waals surface area contributed by atoms with Gasteiger partial charge in [-0.25, -0.2) is 4.79 Å². The molecule has 0 bridgehead atoms. The van der Waals surface area contributed by atoms with Gasteiger partial charge in [-0.1, -0.05) is 12.1 Å². The molecular weight excluding hydrogens is 286 g/mol. The number of hydrogen-bond acceptors (Lipinski definition) is 5. The molecule has 114 valence electrons. The summed E-state index contributed by atoms with van der Waals surface area (Å²) in [5, 5.41) is 12.6. The van der Waals surface area contributed by atoms with Crippen molar-refractivity contribution in [2.75, 3.05) is 19.5 Å². The second-order valence-electron chi connectivity index (χ2n) is 4.38. The van der Waals surface area contributed by atoms with E-state index in [0.29, 0.717) is 11.3 Å². The van der Waals surface area contributed by atoms with Gasteiger partial charge in [0, 0.05) is 5.56 Å². The number of amides is 1. The molecule has 0 saturated heterocycles. The minimum Gasteiger partial charge on any atom is -0.505 e. The lowest BCUT2D eigenvalue weighted by atomic mass is 10.1. The Morgan fingerprint density at radius 3 is 2.50 bits per heavy atom. The van der Waals surface area contributed by atoms with E-state index in [1.54, 1.807) is 24.3 Å². The number of para-hydroxylation sites is 1. The van der Waals surface area contributed by atoms with Gasteiger partial charge in [0.05, 0.1) is 19.9 Å². The van der Waals surface area contributed by atoms with Crippen LogP contribution in [-0.4, -0.2) is 31.2 Å². The van der Waals surface area contributed by atoms with Gasteiger partial charge in [-0.3, -0.25) is 4.79 Å². The highest BCUT2D eigenvalue weighted by Gasteiger charge is 2.16. The number of nitrogens with one attached hydrogen (secondary N) is 1. The number of anilines is 1. The molecule has 2 aromatic carbocycles. The summed E-state index contributed by atoms with van der Waals surface area (Å²) < 4.78 is 9.62. The van der Waals surface area contributed by atoms with Gasteiger partial charge in [0.15, 0.2) is 5.75 Å². The van der Waals surface area contributed by atoms with Gasteiger partial charge in [0.2, 0.25) is 0 Å². The number of methoxy groups -OCH3 is 2. The SMILES string of the molecule is COC(=O)c1cccc(NC(=O)c2cccc(OC)c2)c1O.